The van der Waals surface area contributed by atoms with Crippen molar-refractivity contribution in [1.82, 2.24) is 5.32 Å². The maximum Gasteiger partial charge on any atom is 0.573 e. The van der Waals surface area contributed by atoms with Crippen LogP contribution in [0.1, 0.15) is 11.1 Å². The fourth-order valence-electron chi connectivity index (χ4n) is 1.90. The quantitative estimate of drug-likeness (QED) is 0.811. The number of benzene rings is 2. The molecule has 3 nitrogen and oxygen atoms in total. The van der Waals surface area contributed by atoms with Crippen LogP contribution >= 0.6 is 11.8 Å². The van der Waals surface area contributed by atoms with Crippen molar-refractivity contribution in [2.75, 3.05) is 5.75 Å². The zero-order chi connectivity index (χ0) is 17.4. The zero-order valence-corrected chi connectivity index (χ0v) is 13.5. The monoisotopic (exact) mass is 355 g/mol. The molecule has 0 unspecified atom stereocenters. The van der Waals surface area contributed by atoms with E-state index in [2.05, 4.69) is 10.1 Å². The minimum atomic E-state index is -4.70. The Labute approximate surface area is 142 Å². The molecule has 2 aromatic rings. The van der Waals surface area contributed by atoms with E-state index < -0.39 is 6.36 Å². The van der Waals surface area contributed by atoms with Crippen LogP contribution in [0.4, 0.5) is 13.2 Å². The second kappa shape index (κ2) is 8.63. The molecule has 0 radical (unpaired) electrons. The van der Waals surface area contributed by atoms with E-state index in [0.29, 0.717) is 11.3 Å². The van der Waals surface area contributed by atoms with Crippen molar-refractivity contribution in [3.63, 3.8) is 0 Å². The lowest BCUT2D eigenvalue weighted by Crippen LogP contribution is -2.24. The minimum absolute atomic E-state index is 0.119. The van der Waals surface area contributed by atoms with Crippen molar-refractivity contribution in [2.45, 2.75) is 18.7 Å². The molecule has 0 saturated carbocycles. The van der Waals surface area contributed by atoms with E-state index in [4.69, 9.17) is 0 Å². The van der Waals surface area contributed by atoms with E-state index in [-0.39, 0.29) is 18.2 Å². The van der Waals surface area contributed by atoms with Crippen LogP contribution in [0.3, 0.4) is 0 Å². The summed E-state index contributed by atoms with van der Waals surface area (Å²) in [5.41, 5.74) is 1.85. The Balaban J connectivity index is 1.69. The van der Waals surface area contributed by atoms with Crippen LogP contribution in [0.2, 0.25) is 0 Å². The number of alkyl halides is 3. The average molecular weight is 355 g/mol. The second-order valence-electron chi connectivity index (χ2n) is 4.95. The van der Waals surface area contributed by atoms with Crippen LogP contribution in [0.5, 0.6) is 5.75 Å². The number of rotatable bonds is 7. The summed E-state index contributed by atoms with van der Waals surface area (Å²) in [7, 11) is 0. The molecule has 1 N–H and O–H groups in total. The number of nitrogens with one attached hydrogen (secondary N) is 1. The van der Waals surface area contributed by atoms with Gasteiger partial charge in [-0.2, -0.15) is 0 Å². The van der Waals surface area contributed by atoms with Crippen LogP contribution in [-0.2, 0) is 17.1 Å². The van der Waals surface area contributed by atoms with Gasteiger partial charge in [-0.25, -0.2) is 0 Å². The Hall–Kier alpha value is -2.15. The van der Waals surface area contributed by atoms with Crippen LogP contribution in [0.25, 0.3) is 0 Å². The summed E-state index contributed by atoms with van der Waals surface area (Å²) in [4.78, 5) is 11.8. The van der Waals surface area contributed by atoms with Gasteiger partial charge in [-0.1, -0.05) is 42.5 Å². The lowest BCUT2D eigenvalue weighted by Gasteiger charge is -2.09. The fraction of sp³-hybridized carbons (Fsp3) is 0.235. The first-order valence-corrected chi connectivity index (χ1v) is 8.31. The normalized spacial score (nSPS) is 11.1. The van der Waals surface area contributed by atoms with Gasteiger partial charge in [0.1, 0.15) is 5.75 Å². The highest BCUT2D eigenvalue weighted by Gasteiger charge is 2.30. The van der Waals surface area contributed by atoms with E-state index in [9.17, 15) is 18.0 Å². The van der Waals surface area contributed by atoms with Gasteiger partial charge in [-0.3, -0.25) is 4.79 Å². The van der Waals surface area contributed by atoms with Crippen molar-refractivity contribution >= 4 is 17.7 Å². The summed E-state index contributed by atoms with van der Waals surface area (Å²) in [5, 5.41) is 2.73. The number of hydrogen-bond donors (Lipinski definition) is 1. The number of carbonyl (C=O) groups excluding carboxylic acids is 1. The number of carbonyl (C=O) groups is 1. The fourth-order valence-corrected chi connectivity index (χ4v) is 2.71. The summed E-state index contributed by atoms with van der Waals surface area (Å²) < 4.78 is 40.0. The number of amides is 1. The van der Waals surface area contributed by atoms with E-state index >= 15 is 0 Å². The molecule has 1 amide bonds. The van der Waals surface area contributed by atoms with Gasteiger partial charge in [-0.15, -0.1) is 24.9 Å². The number of ether oxygens (including phenoxy) is 1. The topological polar surface area (TPSA) is 38.3 Å². The first kappa shape index (κ1) is 18.2. The van der Waals surface area contributed by atoms with Gasteiger partial charge in [0.25, 0.3) is 0 Å². The van der Waals surface area contributed by atoms with Gasteiger partial charge in [0.05, 0.1) is 5.75 Å². The highest BCUT2D eigenvalue weighted by atomic mass is 32.2. The molecule has 0 atom stereocenters. The van der Waals surface area contributed by atoms with E-state index in [1.807, 2.05) is 30.3 Å². The molecule has 0 aliphatic heterocycles. The molecule has 0 bridgehead atoms. The summed E-state index contributed by atoms with van der Waals surface area (Å²) in [5.74, 6) is 0.671. The first-order chi connectivity index (χ1) is 11.4. The van der Waals surface area contributed by atoms with Crippen molar-refractivity contribution < 1.29 is 22.7 Å². The predicted octanol–water partition coefficient (Wildman–Crippen LogP) is 4.13. The standard InChI is InChI=1S/C17H16F3NO2S/c18-17(19,20)23-15-8-6-13(7-9-15)10-21-16(22)12-24-11-14-4-2-1-3-5-14/h1-9H,10-12H2,(H,21,22). The van der Waals surface area contributed by atoms with Gasteiger partial charge >= 0.3 is 6.36 Å². The van der Waals surface area contributed by atoms with Crippen molar-refractivity contribution in [2.24, 2.45) is 0 Å². The molecule has 128 valence electrons. The van der Waals surface area contributed by atoms with E-state index in [0.717, 1.165) is 11.3 Å². The van der Waals surface area contributed by atoms with E-state index in [1.54, 1.807) is 0 Å². The van der Waals surface area contributed by atoms with Gasteiger partial charge in [0.15, 0.2) is 0 Å². The van der Waals surface area contributed by atoms with Crippen LogP contribution in [0.15, 0.2) is 54.6 Å². The summed E-state index contributed by atoms with van der Waals surface area (Å²) >= 11 is 1.50. The maximum atomic E-state index is 12.1. The minimum Gasteiger partial charge on any atom is -0.406 e. The third kappa shape index (κ3) is 6.95. The SMILES string of the molecule is O=C(CSCc1ccccc1)NCc1ccc(OC(F)(F)F)cc1. The molecule has 0 aliphatic rings. The molecule has 0 aliphatic carbocycles. The van der Waals surface area contributed by atoms with Crippen LogP contribution in [0, 0.1) is 0 Å². The Morgan fingerprint density at radius 2 is 1.67 bits per heavy atom. The summed E-state index contributed by atoms with van der Waals surface area (Å²) in [6, 6.07) is 15.2. The maximum absolute atomic E-state index is 12.1. The third-order valence-corrected chi connectivity index (χ3v) is 4.00. The number of halogens is 3. The molecule has 2 rings (SSSR count). The van der Waals surface area contributed by atoms with Crippen molar-refractivity contribution in [3.8, 4) is 5.75 Å². The van der Waals surface area contributed by atoms with Crippen molar-refractivity contribution in [3.05, 3.63) is 65.7 Å². The van der Waals surface area contributed by atoms with Crippen molar-refractivity contribution in [1.29, 1.82) is 0 Å². The molecule has 24 heavy (non-hydrogen) atoms. The number of hydrogen-bond acceptors (Lipinski definition) is 3. The van der Waals surface area contributed by atoms with Gasteiger partial charge in [0, 0.05) is 12.3 Å². The summed E-state index contributed by atoms with van der Waals surface area (Å²) in [6.45, 7) is 0.261. The van der Waals surface area contributed by atoms with Gasteiger partial charge in [0.2, 0.25) is 5.91 Å². The molecular formula is C17H16F3NO2S. The average Bonchev–Trinajstić information content (AvgIpc) is 2.54. The molecule has 0 saturated heterocycles. The lowest BCUT2D eigenvalue weighted by molar-refractivity contribution is -0.274. The Bertz CT molecular complexity index is 645. The highest BCUT2D eigenvalue weighted by Crippen LogP contribution is 2.22. The second-order valence-corrected chi connectivity index (χ2v) is 5.93. The third-order valence-electron chi connectivity index (χ3n) is 2.99. The smallest absolute Gasteiger partial charge is 0.406 e. The molecule has 7 heteroatoms. The van der Waals surface area contributed by atoms with Crippen LogP contribution in [-0.4, -0.2) is 18.0 Å². The predicted molar refractivity (Wildman–Crippen MR) is 87.6 cm³/mol. The highest BCUT2D eigenvalue weighted by molar-refractivity contribution is 7.99. The summed E-state index contributed by atoms with van der Waals surface area (Å²) in [6.07, 6.45) is -4.70. The van der Waals surface area contributed by atoms with Gasteiger partial charge < -0.3 is 10.1 Å². The molecule has 0 fully saturated rings. The largest absolute Gasteiger partial charge is 0.573 e. The lowest BCUT2D eigenvalue weighted by atomic mass is 10.2. The molecule has 0 spiro atoms. The molecule has 0 aromatic heterocycles. The first-order valence-electron chi connectivity index (χ1n) is 7.15. The van der Waals surface area contributed by atoms with E-state index in [1.165, 1.54) is 36.0 Å². The van der Waals surface area contributed by atoms with Crippen LogP contribution < -0.4 is 10.1 Å². The molecule has 2 aromatic carbocycles. The Morgan fingerprint density at radius 3 is 2.29 bits per heavy atom. The Morgan fingerprint density at radius 1 is 1.00 bits per heavy atom. The van der Waals surface area contributed by atoms with Gasteiger partial charge in [-0.05, 0) is 23.3 Å². The molecular weight excluding hydrogens is 339 g/mol. The molecule has 0 heterocycles. The zero-order valence-electron chi connectivity index (χ0n) is 12.7. The number of thioether (sulfide) groups is 1. The Kier molecular flexibility index (Phi) is 6.54.